The summed E-state index contributed by atoms with van der Waals surface area (Å²) in [6.45, 7) is 3.31. The van der Waals surface area contributed by atoms with E-state index in [4.69, 9.17) is 0 Å². The van der Waals surface area contributed by atoms with Gasteiger partial charge in [0.05, 0.1) is 17.2 Å². The summed E-state index contributed by atoms with van der Waals surface area (Å²) in [6.07, 6.45) is 5.67. The van der Waals surface area contributed by atoms with E-state index >= 15 is 0 Å². The van der Waals surface area contributed by atoms with Gasteiger partial charge in [0.25, 0.3) is 0 Å². The van der Waals surface area contributed by atoms with Gasteiger partial charge in [-0.1, -0.05) is 12.1 Å². The summed E-state index contributed by atoms with van der Waals surface area (Å²) in [5, 5.41) is 6.83. The van der Waals surface area contributed by atoms with Crippen LogP contribution < -0.4 is 10.6 Å². The number of piperidine rings is 1. The van der Waals surface area contributed by atoms with Crippen LogP contribution in [0.3, 0.4) is 0 Å². The minimum absolute atomic E-state index is 0.801. The van der Waals surface area contributed by atoms with Gasteiger partial charge in [-0.15, -0.1) is 0 Å². The van der Waals surface area contributed by atoms with Crippen molar-refractivity contribution < 1.29 is 0 Å². The lowest BCUT2D eigenvalue weighted by Crippen LogP contribution is -2.30. The number of fused-ring (bicyclic) bond motifs is 1. The van der Waals surface area contributed by atoms with Crippen LogP contribution in [0.1, 0.15) is 19.3 Å². The highest BCUT2D eigenvalue weighted by atomic mass is 15.0. The van der Waals surface area contributed by atoms with Gasteiger partial charge in [0.1, 0.15) is 5.82 Å². The molecular formula is C15H20N4. The van der Waals surface area contributed by atoms with Crippen molar-refractivity contribution >= 4 is 16.9 Å². The fourth-order valence-corrected chi connectivity index (χ4v) is 2.62. The van der Waals surface area contributed by atoms with Crippen LogP contribution in [0.5, 0.6) is 0 Å². The van der Waals surface area contributed by atoms with Gasteiger partial charge in [0.2, 0.25) is 0 Å². The summed E-state index contributed by atoms with van der Waals surface area (Å²) in [6, 6.07) is 7.97. The molecule has 0 spiro atoms. The van der Waals surface area contributed by atoms with Gasteiger partial charge in [-0.05, 0) is 50.4 Å². The molecule has 0 bridgehead atoms. The van der Waals surface area contributed by atoms with E-state index in [1.807, 2.05) is 30.5 Å². The van der Waals surface area contributed by atoms with E-state index in [1.165, 1.54) is 25.8 Å². The maximum absolute atomic E-state index is 4.57. The second-order valence-corrected chi connectivity index (χ2v) is 5.17. The molecule has 0 saturated carbocycles. The molecule has 0 amide bonds. The summed E-state index contributed by atoms with van der Waals surface area (Å²) < 4.78 is 0. The predicted molar refractivity (Wildman–Crippen MR) is 78.2 cm³/mol. The third kappa shape index (κ3) is 3.20. The fraction of sp³-hybridized carbons (Fsp3) is 0.467. The SMILES string of the molecule is c1ccc2nc(NCCC3CCCNC3)cnc2c1. The molecule has 100 valence electrons. The number of nitrogens with one attached hydrogen (secondary N) is 2. The minimum atomic E-state index is 0.801. The molecule has 2 aromatic rings. The molecule has 1 aliphatic rings. The third-order valence-electron chi connectivity index (χ3n) is 3.71. The molecule has 2 N–H and O–H groups in total. The molecule has 1 aliphatic heterocycles. The molecule has 0 aliphatic carbocycles. The first-order chi connectivity index (χ1) is 9.42. The van der Waals surface area contributed by atoms with Gasteiger partial charge in [0.15, 0.2) is 0 Å². The average Bonchev–Trinajstić information content (AvgIpc) is 2.48. The maximum atomic E-state index is 4.57. The molecule has 4 nitrogen and oxygen atoms in total. The van der Waals surface area contributed by atoms with Gasteiger partial charge in [0, 0.05) is 6.54 Å². The molecule has 1 aromatic carbocycles. The molecular weight excluding hydrogens is 236 g/mol. The highest BCUT2D eigenvalue weighted by molar-refractivity contribution is 5.75. The van der Waals surface area contributed by atoms with Crippen LogP contribution in [-0.2, 0) is 0 Å². The van der Waals surface area contributed by atoms with Crippen molar-refractivity contribution in [3.05, 3.63) is 30.5 Å². The monoisotopic (exact) mass is 256 g/mol. The summed E-state index contributed by atoms with van der Waals surface area (Å²) >= 11 is 0. The van der Waals surface area contributed by atoms with Gasteiger partial charge >= 0.3 is 0 Å². The molecule has 1 aromatic heterocycles. The third-order valence-corrected chi connectivity index (χ3v) is 3.71. The molecule has 0 radical (unpaired) electrons. The van der Waals surface area contributed by atoms with E-state index in [2.05, 4.69) is 20.6 Å². The Morgan fingerprint density at radius 1 is 1.26 bits per heavy atom. The van der Waals surface area contributed by atoms with Crippen LogP contribution in [0.4, 0.5) is 5.82 Å². The van der Waals surface area contributed by atoms with Crippen LogP contribution in [0.25, 0.3) is 11.0 Å². The Hall–Kier alpha value is -1.68. The fourth-order valence-electron chi connectivity index (χ4n) is 2.62. The van der Waals surface area contributed by atoms with Crippen molar-refractivity contribution in [2.45, 2.75) is 19.3 Å². The Bertz CT molecular complexity index is 534. The predicted octanol–water partition coefficient (Wildman–Crippen LogP) is 2.43. The Balaban J connectivity index is 1.56. The number of hydrogen-bond donors (Lipinski definition) is 2. The van der Waals surface area contributed by atoms with Crippen molar-refractivity contribution in [2.75, 3.05) is 25.0 Å². The van der Waals surface area contributed by atoms with Crippen LogP contribution in [-0.4, -0.2) is 29.6 Å². The second-order valence-electron chi connectivity index (χ2n) is 5.17. The number of para-hydroxylation sites is 2. The first-order valence-electron chi connectivity index (χ1n) is 7.08. The Morgan fingerprint density at radius 2 is 2.16 bits per heavy atom. The molecule has 1 atom stereocenters. The maximum Gasteiger partial charge on any atom is 0.145 e. The normalized spacial score (nSPS) is 19.5. The Labute approximate surface area is 113 Å². The molecule has 2 heterocycles. The number of aromatic nitrogens is 2. The molecule has 1 fully saturated rings. The lowest BCUT2D eigenvalue weighted by atomic mass is 9.96. The Morgan fingerprint density at radius 3 is 3.00 bits per heavy atom. The van der Waals surface area contributed by atoms with E-state index in [1.54, 1.807) is 0 Å². The highest BCUT2D eigenvalue weighted by Gasteiger charge is 2.12. The Kier molecular flexibility index (Phi) is 3.89. The lowest BCUT2D eigenvalue weighted by molar-refractivity contribution is 0.364. The zero-order valence-electron chi connectivity index (χ0n) is 11.1. The van der Waals surface area contributed by atoms with Crippen molar-refractivity contribution in [2.24, 2.45) is 5.92 Å². The van der Waals surface area contributed by atoms with Crippen molar-refractivity contribution in [1.29, 1.82) is 0 Å². The number of anilines is 1. The first-order valence-corrected chi connectivity index (χ1v) is 7.08. The van der Waals surface area contributed by atoms with E-state index in [0.717, 1.165) is 35.9 Å². The number of nitrogens with zero attached hydrogens (tertiary/aromatic N) is 2. The van der Waals surface area contributed by atoms with E-state index < -0.39 is 0 Å². The number of benzene rings is 1. The van der Waals surface area contributed by atoms with E-state index in [-0.39, 0.29) is 0 Å². The smallest absolute Gasteiger partial charge is 0.145 e. The van der Waals surface area contributed by atoms with Gasteiger partial charge in [-0.3, -0.25) is 4.98 Å². The molecule has 1 unspecified atom stereocenters. The largest absolute Gasteiger partial charge is 0.369 e. The van der Waals surface area contributed by atoms with E-state index in [0.29, 0.717) is 0 Å². The minimum Gasteiger partial charge on any atom is -0.369 e. The van der Waals surface area contributed by atoms with Crippen LogP contribution in [0.15, 0.2) is 30.5 Å². The number of hydrogen-bond acceptors (Lipinski definition) is 4. The van der Waals surface area contributed by atoms with Crippen molar-refractivity contribution in [3.63, 3.8) is 0 Å². The zero-order valence-corrected chi connectivity index (χ0v) is 11.1. The zero-order chi connectivity index (χ0) is 12.9. The average molecular weight is 256 g/mol. The molecule has 1 saturated heterocycles. The lowest BCUT2D eigenvalue weighted by Gasteiger charge is -2.22. The summed E-state index contributed by atoms with van der Waals surface area (Å²) in [4.78, 5) is 8.98. The summed E-state index contributed by atoms with van der Waals surface area (Å²) in [5.41, 5.74) is 1.90. The molecule has 19 heavy (non-hydrogen) atoms. The van der Waals surface area contributed by atoms with Crippen molar-refractivity contribution in [1.82, 2.24) is 15.3 Å². The van der Waals surface area contributed by atoms with Crippen LogP contribution >= 0.6 is 0 Å². The first kappa shape index (κ1) is 12.4. The molecule has 3 rings (SSSR count). The van der Waals surface area contributed by atoms with Gasteiger partial charge in [-0.2, -0.15) is 0 Å². The van der Waals surface area contributed by atoms with E-state index in [9.17, 15) is 0 Å². The van der Waals surface area contributed by atoms with Gasteiger partial charge < -0.3 is 10.6 Å². The van der Waals surface area contributed by atoms with Crippen LogP contribution in [0.2, 0.25) is 0 Å². The standard InChI is InChI=1S/C15H20N4/c1-2-6-14-13(5-1)18-11-15(19-14)17-9-7-12-4-3-8-16-10-12/h1-2,5-6,11-12,16H,3-4,7-10H2,(H,17,19). The summed E-state index contributed by atoms with van der Waals surface area (Å²) in [7, 11) is 0. The summed E-state index contributed by atoms with van der Waals surface area (Å²) in [5.74, 6) is 1.68. The quantitative estimate of drug-likeness (QED) is 0.882. The highest BCUT2D eigenvalue weighted by Crippen LogP contribution is 2.15. The van der Waals surface area contributed by atoms with Crippen LogP contribution in [0, 0.1) is 5.92 Å². The van der Waals surface area contributed by atoms with Gasteiger partial charge in [-0.25, -0.2) is 4.98 Å². The van der Waals surface area contributed by atoms with Crippen molar-refractivity contribution in [3.8, 4) is 0 Å². The number of rotatable bonds is 4. The second kappa shape index (κ2) is 5.97. The molecule has 4 heteroatoms. The topological polar surface area (TPSA) is 49.8 Å².